The molecule has 20 heavy (non-hydrogen) atoms. The molecule has 1 atom stereocenters. The average Bonchev–Trinajstić information content (AvgIpc) is 2.61. The number of nitrogens with zero attached hydrogens (tertiary/aromatic N) is 1. The molecule has 0 aromatic heterocycles. The van der Waals surface area contributed by atoms with Crippen molar-refractivity contribution >= 4 is 0 Å². The maximum atomic E-state index is 3.73. The lowest BCUT2D eigenvalue weighted by molar-refractivity contribution is 0.101. The van der Waals surface area contributed by atoms with Crippen LogP contribution in [0.15, 0.2) is 0 Å². The maximum absolute atomic E-state index is 3.73. The molecule has 0 saturated heterocycles. The zero-order chi connectivity index (χ0) is 15.2. The highest BCUT2D eigenvalue weighted by Gasteiger charge is 2.33. The van der Waals surface area contributed by atoms with Crippen molar-refractivity contribution in [1.82, 2.24) is 10.2 Å². The lowest BCUT2D eigenvalue weighted by Crippen LogP contribution is -2.47. The van der Waals surface area contributed by atoms with Crippen molar-refractivity contribution in [1.29, 1.82) is 0 Å². The van der Waals surface area contributed by atoms with Gasteiger partial charge in [-0.1, -0.05) is 53.4 Å². The first-order valence-corrected chi connectivity index (χ1v) is 8.80. The molecule has 0 radical (unpaired) electrons. The quantitative estimate of drug-likeness (QED) is 0.700. The Balaban J connectivity index is 2.70. The summed E-state index contributed by atoms with van der Waals surface area (Å²) < 4.78 is 0. The molecule has 1 aliphatic rings. The predicted molar refractivity (Wildman–Crippen MR) is 90.2 cm³/mol. The van der Waals surface area contributed by atoms with Gasteiger partial charge in [-0.2, -0.15) is 0 Å². The first-order chi connectivity index (χ1) is 9.36. The summed E-state index contributed by atoms with van der Waals surface area (Å²) in [6.07, 6.45) is 8.52. The molecule has 1 saturated carbocycles. The van der Waals surface area contributed by atoms with E-state index in [1.54, 1.807) is 0 Å². The van der Waals surface area contributed by atoms with Crippen LogP contribution in [0.2, 0.25) is 0 Å². The van der Waals surface area contributed by atoms with Crippen molar-refractivity contribution in [2.75, 3.05) is 20.1 Å². The Morgan fingerprint density at radius 2 is 1.50 bits per heavy atom. The lowest BCUT2D eigenvalue weighted by Gasteiger charge is -2.40. The molecule has 1 aliphatic carbocycles. The summed E-state index contributed by atoms with van der Waals surface area (Å²) in [6, 6.07) is 1.28. The third-order valence-corrected chi connectivity index (χ3v) is 5.29. The van der Waals surface area contributed by atoms with Crippen molar-refractivity contribution in [2.24, 2.45) is 11.3 Å². The molecule has 2 heteroatoms. The monoisotopic (exact) mass is 282 g/mol. The Morgan fingerprint density at radius 3 is 1.95 bits per heavy atom. The molecular weight excluding hydrogens is 244 g/mol. The van der Waals surface area contributed by atoms with E-state index in [0.29, 0.717) is 17.5 Å². The molecule has 0 aromatic carbocycles. The number of hydrogen-bond donors (Lipinski definition) is 1. The van der Waals surface area contributed by atoms with E-state index in [4.69, 9.17) is 0 Å². The summed E-state index contributed by atoms with van der Waals surface area (Å²) in [5, 5.41) is 3.73. The van der Waals surface area contributed by atoms with Crippen LogP contribution in [-0.2, 0) is 0 Å². The highest BCUT2D eigenvalue weighted by atomic mass is 15.1. The Kier molecular flexibility index (Phi) is 7.53. The van der Waals surface area contributed by atoms with Gasteiger partial charge in [-0.25, -0.2) is 0 Å². The second kappa shape index (κ2) is 8.38. The van der Waals surface area contributed by atoms with E-state index < -0.39 is 0 Å². The molecule has 1 fully saturated rings. The maximum Gasteiger partial charge on any atom is 0.00871 e. The molecule has 0 aliphatic heterocycles. The van der Waals surface area contributed by atoms with E-state index in [1.165, 1.54) is 51.6 Å². The third kappa shape index (κ3) is 5.73. The van der Waals surface area contributed by atoms with Crippen molar-refractivity contribution in [3.05, 3.63) is 0 Å². The van der Waals surface area contributed by atoms with Crippen LogP contribution in [0.1, 0.15) is 73.1 Å². The molecule has 1 N–H and O–H groups in total. The summed E-state index contributed by atoms with van der Waals surface area (Å²) in [5.41, 5.74) is 0.499. The van der Waals surface area contributed by atoms with Gasteiger partial charge >= 0.3 is 0 Å². The lowest BCUT2D eigenvalue weighted by atomic mass is 9.79. The van der Waals surface area contributed by atoms with Crippen LogP contribution in [-0.4, -0.2) is 37.1 Å². The van der Waals surface area contributed by atoms with E-state index in [1.807, 2.05) is 0 Å². The standard InChI is InChI=1S/C18H38N2/c1-15(2)17(5)20(6)14-18(13-19-16(3)4)11-9-7-8-10-12-18/h15-17,19H,7-14H2,1-6H3. The molecule has 0 spiro atoms. The first kappa shape index (κ1) is 18.0. The third-order valence-electron chi connectivity index (χ3n) is 5.29. The van der Waals surface area contributed by atoms with E-state index >= 15 is 0 Å². The van der Waals surface area contributed by atoms with Crippen LogP contribution in [0.3, 0.4) is 0 Å². The van der Waals surface area contributed by atoms with Crippen molar-refractivity contribution in [3.63, 3.8) is 0 Å². The van der Waals surface area contributed by atoms with E-state index in [-0.39, 0.29) is 0 Å². The van der Waals surface area contributed by atoms with Crippen LogP contribution < -0.4 is 5.32 Å². The molecule has 120 valence electrons. The topological polar surface area (TPSA) is 15.3 Å². The summed E-state index contributed by atoms with van der Waals surface area (Å²) >= 11 is 0. The van der Waals surface area contributed by atoms with Gasteiger partial charge in [0.1, 0.15) is 0 Å². The minimum absolute atomic E-state index is 0.499. The summed E-state index contributed by atoms with van der Waals surface area (Å²) in [6.45, 7) is 14.0. The van der Waals surface area contributed by atoms with E-state index in [0.717, 1.165) is 5.92 Å². The van der Waals surface area contributed by atoms with Gasteiger partial charge in [-0.15, -0.1) is 0 Å². The highest BCUT2D eigenvalue weighted by Crippen LogP contribution is 2.36. The number of hydrogen-bond acceptors (Lipinski definition) is 2. The van der Waals surface area contributed by atoms with Gasteiger partial charge in [0.25, 0.3) is 0 Å². The Bertz CT molecular complexity index is 252. The van der Waals surface area contributed by atoms with Gasteiger partial charge in [-0.3, -0.25) is 0 Å². The normalized spacial score (nSPS) is 21.4. The van der Waals surface area contributed by atoms with Gasteiger partial charge in [0.15, 0.2) is 0 Å². The Labute approximate surface area is 127 Å². The Hall–Kier alpha value is -0.0800. The van der Waals surface area contributed by atoms with Crippen LogP contribution in [0.4, 0.5) is 0 Å². The molecule has 1 rings (SSSR count). The average molecular weight is 283 g/mol. The summed E-state index contributed by atoms with van der Waals surface area (Å²) in [4.78, 5) is 2.61. The predicted octanol–water partition coefficient (Wildman–Crippen LogP) is 4.30. The van der Waals surface area contributed by atoms with Gasteiger partial charge in [0, 0.05) is 25.2 Å². The van der Waals surface area contributed by atoms with Crippen LogP contribution in [0, 0.1) is 11.3 Å². The SMILES string of the molecule is CC(C)NCC1(CN(C)C(C)C(C)C)CCCCCC1. The second-order valence-electron chi connectivity index (χ2n) is 7.85. The van der Waals surface area contributed by atoms with Crippen molar-refractivity contribution in [2.45, 2.75) is 85.2 Å². The Morgan fingerprint density at radius 1 is 0.950 bits per heavy atom. The van der Waals surface area contributed by atoms with E-state index in [2.05, 4.69) is 51.9 Å². The molecular formula is C18H38N2. The van der Waals surface area contributed by atoms with Gasteiger partial charge < -0.3 is 10.2 Å². The van der Waals surface area contributed by atoms with Crippen LogP contribution >= 0.6 is 0 Å². The van der Waals surface area contributed by atoms with Crippen molar-refractivity contribution < 1.29 is 0 Å². The van der Waals surface area contributed by atoms with E-state index in [9.17, 15) is 0 Å². The molecule has 0 amide bonds. The smallest absolute Gasteiger partial charge is 0.00871 e. The first-order valence-electron chi connectivity index (χ1n) is 8.80. The van der Waals surface area contributed by atoms with Crippen molar-refractivity contribution in [3.8, 4) is 0 Å². The fourth-order valence-corrected chi connectivity index (χ4v) is 3.47. The fourth-order valence-electron chi connectivity index (χ4n) is 3.47. The zero-order valence-electron chi connectivity index (χ0n) is 14.8. The largest absolute Gasteiger partial charge is 0.314 e. The van der Waals surface area contributed by atoms with Gasteiger partial charge in [0.05, 0.1) is 0 Å². The molecule has 1 unspecified atom stereocenters. The van der Waals surface area contributed by atoms with Crippen LogP contribution in [0.25, 0.3) is 0 Å². The number of rotatable bonds is 7. The van der Waals surface area contributed by atoms with Gasteiger partial charge in [-0.05, 0) is 38.1 Å². The highest BCUT2D eigenvalue weighted by molar-refractivity contribution is 4.88. The summed E-state index contributed by atoms with van der Waals surface area (Å²) in [7, 11) is 2.33. The summed E-state index contributed by atoms with van der Waals surface area (Å²) in [5.74, 6) is 0.737. The number of nitrogens with one attached hydrogen (secondary N) is 1. The van der Waals surface area contributed by atoms with Crippen LogP contribution in [0.5, 0.6) is 0 Å². The molecule has 0 heterocycles. The molecule has 0 aromatic rings. The second-order valence-corrected chi connectivity index (χ2v) is 7.85. The molecule has 2 nitrogen and oxygen atoms in total. The fraction of sp³-hybridized carbons (Fsp3) is 1.00. The zero-order valence-corrected chi connectivity index (χ0v) is 14.8. The minimum atomic E-state index is 0.499. The van der Waals surface area contributed by atoms with Gasteiger partial charge in [0.2, 0.25) is 0 Å². The minimum Gasteiger partial charge on any atom is -0.314 e. The molecule has 0 bridgehead atoms.